The van der Waals surface area contributed by atoms with Crippen molar-refractivity contribution in [2.75, 3.05) is 20.1 Å². The molecule has 0 heterocycles. The van der Waals surface area contributed by atoms with Crippen molar-refractivity contribution in [1.29, 1.82) is 0 Å². The molecular formula is C14H20N2O3. The van der Waals surface area contributed by atoms with Crippen molar-refractivity contribution in [1.82, 2.24) is 10.2 Å². The monoisotopic (exact) mass is 264 g/mol. The Hall–Kier alpha value is -1.88. The molecule has 1 atom stereocenters. The van der Waals surface area contributed by atoms with Crippen molar-refractivity contribution >= 4 is 11.8 Å². The minimum absolute atomic E-state index is 0.0236. The highest BCUT2D eigenvalue weighted by Crippen LogP contribution is 2.02. The minimum Gasteiger partial charge on any atom is -0.391 e. The van der Waals surface area contributed by atoms with Crippen LogP contribution in [0.25, 0.3) is 0 Å². The summed E-state index contributed by atoms with van der Waals surface area (Å²) in [5.41, 5.74) is 0.548. The fourth-order valence-corrected chi connectivity index (χ4v) is 1.52. The lowest BCUT2D eigenvalue weighted by Crippen LogP contribution is -2.40. The zero-order valence-electron chi connectivity index (χ0n) is 11.3. The molecule has 0 fully saturated rings. The highest BCUT2D eigenvalue weighted by molar-refractivity contribution is 5.96. The Morgan fingerprint density at radius 3 is 2.53 bits per heavy atom. The maximum absolute atomic E-state index is 12.0. The standard InChI is InChI=1S/C14H20N2O3/c1-3-12(17)9-15-13(18)10-16(2)14(19)11-7-5-4-6-8-11/h4-8,12,17H,3,9-10H2,1-2H3,(H,15,18). The van der Waals surface area contributed by atoms with Gasteiger partial charge in [-0.1, -0.05) is 25.1 Å². The molecule has 1 aromatic rings. The Morgan fingerprint density at radius 2 is 1.95 bits per heavy atom. The molecule has 0 saturated heterocycles. The number of carbonyl (C=O) groups is 2. The predicted molar refractivity (Wildman–Crippen MR) is 72.7 cm³/mol. The van der Waals surface area contributed by atoms with Crippen molar-refractivity contribution in [2.45, 2.75) is 19.4 Å². The van der Waals surface area contributed by atoms with Crippen LogP contribution in [0.2, 0.25) is 0 Å². The first-order valence-corrected chi connectivity index (χ1v) is 6.29. The summed E-state index contributed by atoms with van der Waals surface area (Å²) in [7, 11) is 1.57. The van der Waals surface area contributed by atoms with Gasteiger partial charge in [0, 0.05) is 19.2 Å². The Morgan fingerprint density at radius 1 is 1.32 bits per heavy atom. The fraction of sp³-hybridized carbons (Fsp3) is 0.429. The molecule has 5 nitrogen and oxygen atoms in total. The molecule has 0 aliphatic carbocycles. The summed E-state index contributed by atoms with van der Waals surface area (Å²) in [6.45, 7) is 2.02. The summed E-state index contributed by atoms with van der Waals surface area (Å²) in [5, 5.41) is 11.9. The topological polar surface area (TPSA) is 69.6 Å². The maximum atomic E-state index is 12.0. The van der Waals surface area contributed by atoms with Crippen LogP contribution >= 0.6 is 0 Å². The van der Waals surface area contributed by atoms with E-state index in [2.05, 4.69) is 5.32 Å². The van der Waals surface area contributed by atoms with Gasteiger partial charge in [0.05, 0.1) is 12.6 Å². The van der Waals surface area contributed by atoms with Gasteiger partial charge in [0.2, 0.25) is 5.91 Å². The van der Waals surface area contributed by atoms with E-state index in [-0.39, 0.29) is 24.9 Å². The van der Waals surface area contributed by atoms with Crippen molar-refractivity contribution < 1.29 is 14.7 Å². The quantitative estimate of drug-likeness (QED) is 0.792. The van der Waals surface area contributed by atoms with Gasteiger partial charge < -0.3 is 15.3 Å². The van der Waals surface area contributed by atoms with E-state index in [1.54, 1.807) is 31.3 Å². The minimum atomic E-state index is -0.543. The molecule has 0 aliphatic heterocycles. The first-order valence-electron chi connectivity index (χ1n) is 6.29. The van der Waals surface area contributed by atoms with Crippen LogP contribution in [-0.4, -0.2) is 48.1 Å². The molecule has 0 spiro atoms. The van der Waals surface area contributed by atoms with Gasteiger partial charge in [-0.05, 0) is 18.6 Å². The summed E-state index contributed by atoms with van der Waals surface area (Å²) >= 11 is 0. The lowest BCUT2D eigenvalue weighted by atomic mass is 10.2. The summed E-state index contributed by atoms with van der Waals surface area (Å²) in [6, 6.07) is 8.79. The van der Waals surface area contributed by atoms with Crippen LogP contribution in [0.3, 0.4) is 0 Å². The molecular weight excluding hydrogens is 244 g/mol. The smallest absolute Gasteiger partial charge is 0.254 e. The molecule has 1 unspecified atom stereocenters. The van der Waals surface area contributed by atoms with Gasteiger partial charge in [0.15, 0.2) is 0 Å². The van der Waals surface area contributed by atoms with E-state index in [1.165, 1.54) is 4.90 Å². The molecule has 0 aromatic heterocycles. The largest absolute Gasteiger partial charge is 0.391 e. The second-order valence-electron chi connectivity index (χ2n) is 4.39. The Labute approximate surface area is 113 Å². The second-order valence-corrected chi connectivity index (χ2v) is 4.39. The fourth-order valence-electron chi connectivity index (χ4n) is 1.52. The number of nitrogens with zero attached hydrogens (tertiary/aromatic N) is 1. The SMILES string of the molecule is CCC(O)CNC(=O)CN(C)C(=O)c1ccccc1. The van der Waals surface area contributed by atoms with Crippen molar-refractivity contribution in [3.05, 3.63) is 35.9 Å². The Balaban J connectivity index is 2.44. The zero-order chi connectivity index (χ0) is 14.3. The van der Waals surface area contributed by atoms with Crippen molar-refractivity contribution in [2.24, 2.45) is 0 Å². The molecule has 104 valence electrons. The van der Waals surface area contributed by atoms with Crippen LogP contribution in [-0.2, 0) is 4.79 Å². The third-order valence-electron chi connectivity index (χ3n) is 2.75. The number of hydrogen-bond donors (Lipinski definition) is 2. The number of aliphatic hydroxyl groups excluding tert-OH is 1. The van der Waals surface area contributed by atoms with Gasteiger partial charge in [-0.2, -0.15) is 0 Å². The number of nitrogens with one attached hydrogen (secondary N) is 1. The van der Waals surface area contributed by atoms with Crippen molar-refractivity contribution in [3.8, 4) is 0 Å². The average molecular weight is 264 g/mol. The number of aliphatic hydroxyl groups is 1. The summed E-state index contributed by atoms with van der Waals surface area (Å²) in [6.07, 6.45) is 0.0399. The summed E-state index contributed by atoms with van der Waals surface area (Å²) in [4.78, 5) is 24.9. The van der Waals surface area contributed by atoms with Crippen LogP contribution in [0.4, 0.5) is 0 Å². The van der Waals surface area contributed by atoms with E-state index in [0.717, 1.165) is 0 Å². The molecule has 2 N–H and O–H groups in total. The van der Waals surface area contributed by atoms with E-state index >= 15 is 0 Å². The third kappa shape index (κ3) is 5.09. The molecule has 1 rings (SSSR count). The molecule has 0 saturated carbocycles. The lowest BCUT2D eigenvalue weighted by molar-refractivity contribution is -0.122. The van der Waals surface area contributed by atoms with Crippen LogP contribution in [0, 0.1) is 0 Å². The van der Waals surface area contributed by atoms with Crippen LogP contribution in [0.1, 0.15) is 23.7 Å². The van der Waals surface area contributed by atoms with E-state index < -0.39 is 6.10 Å². The number of benzene rings is 1. The lowest BCUT2D eigenvalue weighted by Gasteiger charge is -2.17. The summed E-state index contributed by atoms with van der Waals surface area (Å²) in [5.74, 6) is -0.480. The highest BCUT2D eigenvalue weighted by atomic mass is 16.3. The highest BCUT2D eigenvalue weighted by Gasteiger charge is 2.14. The van der Waals surface area contributed by atoms with Crippen molar-refractivity contribution in [3.63, 3.8) is 0 Å². The van der Waals surface area contributed by atoms with E-state index in [0.29, 0.717) is 12.0 Å². The number of rotatable bonds is 6. The molecule has 5 heteroatoms. The number of likely N-dealkylation sites (N-methyl/N-ethyl adjacent to an activating group) is 1. The molecule has 1 aromatic carbocycles. The number of carbonyl (C=O) groups excluding carboxylic acids is 2. The van der Waals surface area contributed by atoms with Gasteiger partial charge in [-0.3, -0.25) is 9.59 Å². The van der Waals surface area contributed by atoms with Crippen LogP contribution in [0.5, 0.6) is 0 Å². The molecule has 0 aliphatic rings. The molecule has 2 amide bonds. The Bertz CT molecular complexity index is 420. The zero-order valence-corrected chi connectivity index (χ0v) is 11.3. The predicted octanol–water partition coefficient (Wildman–Crippen LogP) is 0.646. The average Bonchev–Trinajstić information content (AvgIpc) is 2.44. The van der Waals surface area contributed by atoms with Gasteiger partial charge >= 0.3 is 0 Å². The van der Waals surface area contributed by atoms with E-state index in [9.17, 15) is 14.7 Å². The maximum Gasteiger partial charge on any atom is 0.254 e. The number of amides is 2. The first-order chi connectivity index (χ1) is 9.04. The molecule has 19 heavy (non-hydrogen) atoms. The molecule has 0 bridgehead atoms. The van der Waals surface area contributed by atoms with Gasteiger partial charge in [-0.25, -0.2) is 0 Å². The van der Waals surface area contributed by atoms with Crippen LogP contribution in [0.15, 0.2) is 30.3 Å². The van der Waals surface area contributed by atoms with Gasteiger partial charge in [0.1, 0.15) is 0 Å². The van der Waals surface area contributed by atoms with E-state index in [4.69, 9.17) is 0 Å². The van der Waals surface area contributed by atoms with E-state index in [1.807, 2.05) is 13.0 Å². The summed E-state index contributed by atoms with van der Waals surface area (Å²) < 4.78 is 0. The van der Waals surface area contributed by atoms with Crippen LogP contribution < -0.4 is 5.32 Å². The molecule has 0 radical (unpaired) electrons. The Kier molecular flexibility index (Phi) is 6.02. The van der Waals surface area contributed by atoms with Gasteiger partial charge in [-0.15, -0.1) is 0 Å². The first kappa shape index (κ1) is 15.2. The van der Waals surface area contributed by atoms with Gasteiger partial charge in [0.25, 0.3) is 5.91 Å². The third-order valence-corrected chi connectivity index (χ3v) is 2.75. The normalized spacial score (nSPS) is 11.7. The second kappa shape index (κ2) is 7.53. The number of hydrogen-bond acceptors (Lipinski definition) is 3.